The van der Waals surface area contributed by atoms with E-state index in [1.54, 1.807) is 12.1 Å². The van der Waals surface area contributed by atoms with Crippen LogP contribution in [0.25, 0.3) is 0 Å². The highest BCUT2D eigenvalue weighted by Crippen LogP contribution is 2.48. The summed E-state index contributed by atoms with van der Waals surface area (Å²) in [6, 6.07) is 5.17. The quantitative estimate of drug-likeness (QED) is 0.858. The molecule has 1 amide bonds. The number of anilines is 1. The zero-order valence-corrected chi connectivity index (χ0v) is 11.3. The number of carbonyl (C=O) groups is 1. The number of hydrogen-bond acceptors (Lipinski definition) is 4. The second-order valence-corrected chi connectivity index (χ2v) is 7.40. The van der Waals surface area contributed by atoms with Crippen molar-refractivity contribution in [3.05, 3.63) is 23.8 Å². The lowest BCUT2D eigenvalue weighted by Crippen LogP contribution is -2.38. The van der Waals surface area contributed by atoms with E-state index in [2.05, 4.69) is 5.32 Å². The lowest BCUT2D eigenvalue weighted by molar-refractivity contribution is -0.118. The average molecular weight is 280 g/mol. The van der Waals surface area contributed by atoms with E-state index in [9.17, 15) is 13.2 Å². The van der Waals surface area contributed by atoms with Crippen LogP contribution < -0.4 is 11.1 Å². The molecule has 1 aliphatic heterocycles. The minimum atomic E-state index is -3.68. The predicted molar refractivity (Wildman–Crippen MR) is 71.6 cm³/mol. The molecule has 102 valence electrons. The van der Waals surface area contributed by atoms with Crippen molar-refractivity contribution in [3.8, 4) is 0 Å². The molecule has 1 fully saturated rings. The van der Waals surface area contributed by atoms with Crippen LogP contribution in [0, 0.1) is 0 Å². The minimum Gasteiger partial charge on any atom is -0.385 e. The fourth-order valence-electron chi connectivity index (χ4n) is 2.70. The van der Waals surface area contributed by atoms with Gasteiger partial charge in [0.05, 0.1) is 4.90 Å². The highest BCUT2D eigenvalue weighted by atomic mass is 32.2. The van der Waals surface area contributed by atoms with Crippen molar-refractivity contribution < 1.29 is 13.2 Å². The van der Waals surface area contributed by atoms with Crippen LogP contribution in [0.5, 0.6) is 0 Å². The zero-order valence-electron chi connectivity index (χ0n) is 10.5. The lowest BCUT2D eigenvalue weighted by Gasteiger charge is -2.22. The van der Waals surface area contributed by atoms with Crippen molar-refractivity contribution >= 4 is 21.4 Å². The van der Waals surface area contributed by atoms with Crippen LogP contribution in [0.2, 0.25) is 0 Å². The molecule has 19 heavy (non-hydrogen) atoms. The Morgan fingerprint density at radius 2 is 2.05 bits per heavy atom. The summed E-state index contributed by atoms with van der Waals surface area (Å²) in [4.78, 5) is 11.8. The first-order valence-corrected chi connectivity index (χ1v) is 7.88. The van der Waals surface area contributed by atoms with Crippen LogP contribution in [-0.4, -0.2) is 25.6 Å². The standard InChI is InChI=1S/C13H16N2O3S/c14-12(16)13(6-7-13)19(17,18)11-5-1-4-10-9(11)3-2-8-15-10/h1,4-5,15H,2-3,6-8H2,(H2,14,16). The summed E-state index contributed by atoms with van der Waals surface area (Å²) in [5, 5.41) is 3.20. The minimum absolute atomic E-state index is 0.272. The normalized spacial score (nSPS) is 20.2. The number of nitrogens with one attached hydrogen (secondary N) is 1. The highest BCUT2D eigenvalue weighted by Gasteiger charge is 2.60. The van der Waals surface area contributed by atoms with Gasteiger partial charge in [0, 0.05) is 12.2 Å². The molecule has 1 heterocycles. The smallest absolute Gasteiger partial charge is 0.239 e. The van der Waals surface area contributed by atoms with Crippen LogP contribution in [0.1, 0.15) is 24.8 Å². The van der Waals surface area contributed by atoms with E-state index in [1.807, 2.05) is 6.07 Å². The maximum absolute atomic E-state index is 12.7. The van der Waals surface area contributed by atoms with Gasteiger partial charge >= 0.3 is 0 Å². The fourth-order valence-corrected chi connectivity index (χ4v) is 4.82. The van der Waals surface area contributed by atoms with Gasteiger partial charge in [0.25, 0.3) is 0 Å². The summed E-state index contributed by atoms with van der Waals surface area (Å²) in [5.41, 5.74) is 6.95. The molecule has 5 nitrogen and oxygen atoms in total. The summed E-state index contributed by atoms with van der Waals surface area (Å²) >= 11 is 0. The number of hydrogen-bond donors (Lipinski definition) is 2. The molecule has 6 heteroatoms. The number of amides is 1. The third-order valence-corrected chi connectivity index (χ3v) is 6.61. The predicted octanol–water partition coefficient (Wildman–Crippen LogP) is 0.836. The van der Waals surface area contributed by atoms with Crippen LogP contribution in [-0.2, 0) is 21.1 Å². The van der Waals surface area contributed by atoms with E-state index in [-0.39, 0.29) is 4.90 Å². The molecule has 0 bridgehead atoms. The molecule has 2 aliphatic rings. The van der Waals surface area contributed by atoms with Gasteiger partial charge < -0.3 is 11.1 Å². The monoisotopic (exact) mass is 280 g/mol. The number of sulfone groups is 1. The van der Waals surface area contributed by atoms with E-state index in [4.69, 9.17) is 5.73 Å². The second-order valence-electron chi connectivity index (χ2n) is 5.17. The summed E-state index contributed by atoms with van der Waals surface area (Å²) in [5.74, 6) is -0.728. The Morgan fingerprint density at radius 1 is 1.32 bits per heavy atom. The van der Waals surface area contributed by atoms with Crippen molar-refractivity contribution in [1.29, 1.82) is 0 Å². The number of primary amides is 1. The van der Waals surface area contributed by atoms with E-state index < -0.39 is 20.5 Å². The van der Waals surface area contributed by atoms with E-state index in [0.717, 1.165) is 24.2 Å². The Balaban J connectivity index is 2.15. The Morgan fingerprint density at radius 3 is 2.68 bits per heavy atom. The van der Waals surface area contributed by atoms with Gasteiger partial charge in [-0.2, -0.15) is 0 Å². The summed E-state index contributed by atoms with van der Waals surface area (Å²) in [7, 11) is -3.68. The van der Waals surface area contributed by atoms with E-state index in [1.165, 1.54) is 0 Å². The van der Waals surface area contributed by atoms with Gasteiger partial charge in [0.2, 0.25) is 5.91 Å². The number of carbonyl (C=O) groups excluding carboxylic acids is 1. The lowest BCUT2D eigenvalue weighted by atomic mass is 10.0. The molecule has 0 unspecified atom stereocenters. The van der Waals surface area contributed by atoms with Gasteiger partial charge in [-0.25, -0.2) is 8.42 Å². The molecule has 0 spiro atoms. The Bertz CT molecular complexity index is 648. The molecule has 0 radical (unpaired) electrons. The Kier molecular flexibility index (Phi) is 2.60. The van der Waals surface area contributed by atoms with Gasteiger partial charge in [-0.1, -0.05) is 6.07 Å². The Hall–Kier alpha value is -1.56. The number of rotatable bonds is 3. The third-order valence-electron chi connectivity index (χ3n) is 4.01. The van der Waals surface area contributed by atoms with Gasteiger partial charge in [0.15, 0.2) is 14.6 Å². The molecule has 1 saturated carbocycles. The molecule has 3 rings (SSSR count). The zero-order chi connectivity index (χ0) is 13.7. The van der Waals surface area contributed by atoms with Crippen LogP contribution in [0.3, 0.4) is 0 Å². The molecule has 3 N–H and O–H groups in total. The molecule has 1 aromatic rings. The summed E-state index contributed by atoms with van der Waals surface area (Å²) in [6.07, 6.45) is 2.28. The van der Waals surface area contributed by atoms with Gasteiger partial charge in [-0.3, -0.25) is 4.79 Å². The number of nitrogens with two attached hydrogens (primary N) is 1. The van der Waals surface area contributed by atoms with Gasteiger partial charge in [-0.15, -0.1) is 0 Å². The second kappa shape index (κ2) is 3.96. The van der Waals surface area contributed by atoms with Crippen molar-refractivity contribution in [2.24, 2.45) is 5.73 Å². The maximum Gasteiger partial charge on any atom is 0.239 e. The van der Waals surface area contributed by atoms with Crippen LogP contribution >= 0.6 is 0 Å². The fraction of sp³-hybridized carbons (Fsp3) is 0.462. The first kappa shape index (κ1) is 12.5. The highest BCUT2D eigenvalue weighted by molar-refractivity contribution is 7.94. The largest absolute Gasteiger partial charge is 0.385 e. The van der Waals surface area contributed by atoms with Crippen molar-refractivity contribution in [1.82, 2.24) is 0 Å². The summed E-state index contributed by atoms with van der Waals surface area (Å²) in [6.45, 7) is 0.845. The van der Waals surface area contributed by atoms with E-state index in [0.29, 0.717) is 19.3 Å². The van der Waals surface area contributed by atoms with Crippen molar-refractivity contribution in [2.75, 3.05) is 11.9 Å². The Labute approximate surface area is 112 Å². The molecule has 0 aromatic heterocycles. The first-order valence-electron chi connectivity index (χ1n) is 6.39. The molecule has 1 aliphatic carbocycles. The van der Waals surface area contributed by atoms with Crippen molar-refractivity contribution in [2.45, 2.75) is 35.3 Å². The van der Waals surface area contributed by atoms with Crippen LogP contribution in [0.15, 0.2) is 23.1 Å². The summed E-state index contributed by atoms with van der Waals surface area (Å²) < 4.78 is 24.0. The van der Waals surface area contributed by atoms with Crippen molar-refractivity contribution in [3.63, 3.8) is 0 Å². The third kappa shape index (κ3) is 1.66. The SMILES string of the molecule is NC(=O)C1(S(=O)(=O)c2cccc3c2CCCN3)CC1. The van der Waals surface area contributed by atoms with Crippen LogP contribution in [0.4, 0.5) is 5.69 Å². The topological polar surface area (TPSA) is 89.3 Å². The molecule has 0 saturated heterocycles. The molecular weight excluding hydrogens is 264 g/mol. The molecule has 0 atom stereocenters. The van der Waals surface area contributed by atoms with E-state index >= 15 is 0 Å². The number of fused-ring (bicyclic) bond motifs is 1. The average Bonchev–Trinajstić information content (AvgIpc) is 3.19. The first-order chi connectivity index (χ1) is 8.99. The van der Waals surface area contributed by atoms with Gasteiger partial charge in [0.1, 0.15) is 0 Å². The molecule has 1 aromatic carbocycles. The maximum atomic E-state index is 12.7. The number of benzene rings is 1. The molecular formula is C13H16N2O3S. The van der Waals surface area contributed by atoms with Gasteiger partial charge in [-0.05, 0) is 43.4 Å².